The van der Waals surface area contributed by atoms with E-state index < -0.39 is 11.7 Å². The second-order valence-corrected chi connectivity index (χ2v) is 7.77. The fourth-order valence-electron chi connectivity index (χ4n) is 3.88. The van der Waals surface area contributed by atoms with Crippen molar-refractivity contribution in [3.8, 4) is 22.8 Å². The van der Waals surface area contributed by atoms with Gasteiger partial charge in [-0.05, 0) is 60.2 Å². The predicted octanol–water partition coefficient (Wildman–Crippen LogP) is 7.70. The summed E-state index contributed by atoms with van der Waals surface area (Å²) in [6.45, 7) is 0.315. The minimum atomic E-state index is -4.52. The van der Waals surface area contributed by atoms with Crippen molar-refractivity contribution in [3.63, 3.8) is 0 Å². The van der Waals surface area contributed by atoms with Gasteiger partial charge in [0.2, 0.25) is 0 Å². The Morgan fingerprint density at radius 3 is 2.03 bits per heavy atom. The average Bonchev–Trinajstić information content (AvgIpc) is 3.19. The topological polar surface area (TPSA) is 27.1 Å². The Morgan fingerprint density at radius 2 is 1.38 bits per heavy atom. The van der Waals surface area contributed by atoms with E-state index in [-0.39, 0.29) is 11.3 Å². The predicted molar refractivity (Wildman–Crippen MR) is 122 cm³/mol. The molecular formula is C27H18F4N2O. The number of benzene rings is 4. The highest BCUT2D eigenvalue weighted by atomic mass is 19.4. The fourth-order valence-corrected chi connectivity index (χ4v) is 3.88. The minimum Gasteiger partial charge on any atom is -0.457 e. The third-order valence-electron chi connectivity index (χ3n) is 5.43. The van der Waals surface area contributed by atoms with E-state index in [1.807, 2.05) is 30.3 Å². The number of rotatable bonds is 5. The minimum absolute atomic E-state index is 0.0902. The zero-order valence-corrected chi connectivity index (χ0v) is 17.8. The summed E-state index contributed by atoms with van der Waals surface area (Å²) in [7, 11) is 0. The van der Waals surface area contributed by atoms with Crippen molar-refractivity contribution in [3.05, 3.63) is 114 Å². The first-order valence-electron chi connectivity index (χ1n) is 10.5. The van der Waals surface area contributed by atoms with Gasteiger partial charge in [-0.3, -0.25) is 4.68 Å². The van der Waals surface area contributed by atoms with Crippen LogP contribution in [0.3, 0.4) is 0 Å². The highest BCUT2D eigenvalue weighted by Crippen LogP contribution is 2.38. The first-order valence-corrected chi connectivity index (χ1v) is 10.5. The van der Waals surface area contributed by atoms with Gasteiger partial charge < -0.3 is 4.74 Å². The molecule has 0 unspecified atom stereocenters. The summed E-state index contributed by atoms with van der Waals surface area (Å²) in [5.74, 6) is 0.632. The van der Waals surface area contributed by atoms with Gasteiger partial charge in [0.1, 0.15) is 22.8 Å². The van der Waals surface area contributed by atoms with Crippen LogP contribution in [0.15, 0.2) is 97.1 Å². The van der Waals surface area contributed by atoms with E-state index in [0.29, 0.717) is 34.7 Å². The van der Waals surface area contributed by atoms with Crippen LogP contribution >= 0.6 is 0 Å². The number of halogens is 4. The number of fused-ring (bicyclic) bond motifs is 1. The normalized spacial score (nSPS) is 11.6. The van der Waals surface area contributed by atoms with Crippen molar-refractivity contribution in [2.45, 2.75) is 12.7 Å². The molecule has 0 atom stereocenters. The third kappa shape index (κ3) is 4.37. The Bertz CT molecular complexity index is 1420. The maximum atomic E-state index is 13.7. The lowest BCUT2D eigenvalue weighted by Gasteiger charge is -2.10. The van der Waals surface area contributed by atoms with Gasteiger partial charge in [0, 0.05) is 10.9 Å². The van der Waals surface area contributed by atoms with Gasteiger partial charge in [-0.25, -0.2) is 4.39 Å². The quantitative estimate of drug-likeness (QED) is 0.250. The standard InChI is InChI=1S/C27H18F4N2O/c28-20-11-15-22(16-12-20)34-21-13-9-19(10-14-21)26-23-7-4-8-24(27(29,30)31)25(23)32-33(26)17-18-5-2-1-3-6-18/h1-16H,17H2. The molecule has 0 fully saturated rings. The second-order valence-electron chi connectivity index (χ2n) is 7.77. The molecule has 0 aliphatic carbocycles. The van der Waals surface area contributed by atoms with Gasteiger partial charge >= 0.3 is 6.18 Å². The Balaban J connectivity index is 1.58. The molecule has 0 amide bonds. The van der Waals surface area contributed by atoms with Gasteiger partial charge in [0.25, 0.3) is 0 Å². The zero-order chi connectivity index (χ0) is 23.7. The maximum Gasteiger partial charge on any atom is 0.418 e. The van der Waals surface area contributed by atoms with Crippen molar-refractivity contribution >= 4 is 10.9 Å². The molecule has 0 aliphatic rings. The molecule has 170 valence electrons. The lowest BCUT2D eigenvalue weighted by molar-refractivity contribution is -0.136. The van der Waals surface area contributed by atoms with Crippen LogP contribution in [-0.2, 0) is 12.7 Å². The molecule has 5 aromatic rings. The maximum absolute atomic E-state index is 13.7. The number of alkyl halides is 3. The molecule has 1 aromatic heterocycles. The van der Waals surface area contributed by atoms with Crippen LogP contribution in [0.1, 0.15) is 11.1 Å². The van der Waals surface area contributed by atoms with Crippen molar-refractivity contribution in [1.29, 1.82) is 0 Å². The van der Waals surface area contributed by atoms with E-state index in [0.717, 1.165) is 11.6 Å². The molecule has 1 heterocycles. The Hall–Kier alpha value is -4.13. The lowest BCUT2D eigenvalue weighted by Crippen LogP contribution is -2.06. The Labute approximate surface area is 192 Å². The zero-order valence-electron chi connectivity index (χ0n) is 17.8. The van der Waals surface area contributed by atoms with E-state index in [4.69, 9.17) is 4.74 Å². The van der Waals surface area contributed by atoms with Crippen molar-refractivity contribution in [1.82, 2.24) is 9.78 Å². The molecule has 7 heteroatoms. The Morgan fingerprint density at radius 1 is 0.735 bits per heavy atom. The molecule has 0 aliphatic heterocycles. The van der Waals surface area contributed by atoms with Crippen LogP contribution in [0.5, 0.6) is 11.5 Å². The molecule has 4 aromatic carbocycles. The number of ether oxygens (including phenoxy) is 1. The van der Waals surface area contributed by atoms with E-state index in [1.165, 1.54) is 30.3 Å². The molecular weight excluding hydrogens is 444 g/mol. The molecule has 0 saturated carbocycles. The Kier molecular flexibility index (Phi) is 5.53. The van der Waals surface area contributed by atoms with Gasteiger partial charge in [0.15, 0.2) is 0 Å². The smallest absolute Gasteiger partial charge is 0.418 e. The highest BCUT2D eigenvalue weighted by Gasteiger charge is 2.34. The van der Waals surface area contributed by atoms with Crippen LogP contribution in [0.4, 0.5) is 17.6 Å². The number of hydrogen-bond donors (Lipinski definition) is 0. The first kappa shape index (κ1) is 21.7. The molecule has 0 bridgehead atoms. The molecule has 0 saturated heterocycles. The summed E-state index contributed by atoms with van der Waals surface area (Å²) in [5.41, 5.74) is 1.34. The van der Waals surface area contributed by atoms with Crippen LogP contribution in [0.2, 0.25) is 0 Å². The second kappa shape index (κ2) is 8.67. The van der Waals surface area contributed by atoms with Crippen molar-refractivity contribution < 1.29 is 22.3 Å². The number of hydrogen-bond acceptors (Lipinski definition) is 2. The lowest BCUT2D eigenvalue weighted by atomic mass is 10.0. The van der Waals surface area contributed by atoms with Gasteiger partial charge in [-0.2, -0.15) is 18.3 Å². The third-order valence-corrected chi connectivity index (χ3v) is 5.43. The summed E-state index contributed by atoms with van der Waals surface area (Å²) in [6.07, 6.45) is -4.52. The van der Waals surface area contributed by atoms with E-state index in [2.05, 4.69) is 5.10 Å². The molecule has 5 rings (SSSR count). The van der Waals surface area contributed by atoms with E-state index in [9.17, 15) is 17.6 Å². The van der Waals surface area contributed by atoms with Crippen LogP contribution in [0, 0.1) is 5.82 Å². The number of nitrogens with zero attached hydrogens (tertiary/aromatic N) is 2. The average molecular weight is 462 g/mol. The molecule has 3 nitrogen and oxygen atoms in total. The summed E-state index contributed by atoms with van der Waals surface area (Å²) >= 11 is 0. The molecule has 34 heavy (non-hydrogen) atoms. The van der Waals surface area contributed by atoms with E-state index in [1.54, 1.807) is 35.0 Å². The number of aromatic nitrogens is 2. The monoisotopic (exact) mass is 462 g/mol. The van der Waals surface area contributed by atoms with Gasteiger partial charge in [-0.1, -0.05) is 42.5 Å². The van der Waals surface area contributed by atoms with E-state index >= 15 is 0 Å². The first-order chi connectivity index (χ1) is 16.4. The molecule has 0 N–H and O–H groups in total. The summed E-state index contributed by atoms with van der Waals surface area (Å²) in [4.78, 5) is 0. The van der Waals surface area contributed by atoms with Gasteiger partial charge in [0.05, 0.1) is 17.8 Å². The molecule has 0 radical (unpaired) electrons. The van der Waals surface area contributed by atoms with Gasteiger partial charge in [-0.15, -0.1) is 0 Å². The SMILES string of the molecule is Fc1ccc(Oc2ccc(-c3c4cccc(C(F)(F)F)c4nn3Cc3ccccc3)cc2)cc1. The summed E-state index contributed by atoms with van der Waals surface area (Å²) in [6, 6.07) is 26.2. The fraction of sp³-hybridized carbons (Fsp3) is 0.0741. The summed E-state index contributed by atoms with van der Waals surface area (Å²) < 4.78 is 61.5. The largest absolute Gasteiger partial charge is 0.457 e. The van der Waals surface area contributed by atoms with Crippen LogP contribution < -0.4 is 4.74 Å². The molecule has 0 spiro atoms. The van der Waals surface area contributed by atoms with Crippen LogP contribution in [-0.4, -0.2) is 9.78 Å². The van der Waals surface area contributed by atoms with Crippen molar-refractivity contribution in [2.75, 3.05) is 0 Å². The van der Waals surface area contributed by atoms with Crippen LogP contribution in [0.25, 0.3) is 22.2 Å². The summed E-state index contributed by atoms with van der Waals surface area (Å²) in [5, 5.41) is 4.79. The highest BCUT2D eigenvalue weighted by molar-refractivity contribution is 5.95. The van der Waals surface area contributed by atoms with Crippen molar-refractivity contribution in [2.24, 2.45) is 0 Å².